The van der Waals surface area contributed by atoms with Crippen molar-refractivity contribution in [2.75, 3.05) is 11.9 Å². The van der Waals surface area contributed by atoms with Crippen LogP contribution in [0.5, 0.6) is 5.75 Å². The first kappa shape index (κ1) is 15.4. The molecule has 0 fully saturated rings. The molecule has 0 aliphatic carbocycles. The van der Waals surface area contributed by atoms with E-state index in [-0.39, 0.29) is 5.91 Å². The van der Waals surface area contributed by atoms with Crippen molar-refractivity contribution in [2.24, 2.45) is 5.92 Å². The summed E-state index contributed by atoms with van der Waals surface area (Å²) in [6, 6.07) is 7.05. The Morgan fingerprint density at radius 2 is 2.04 bits per heavy atom. The number of rotatable bonds is 5. The van der Waals surface area contributed by atoms with Crippen LogP contribution < -0.4 is 10.1 Å². The van der Waals surface area contributed by atoms with Gasteiger partial charge >= 0.3 is 0 Å². The van der Waals surface area contributed by atoms with Gasteiger partial charge in [0.05, 0.1) is 6.61 Å². The van der Waals surface area contributed by atoms with Crippen LogP contribution in [0.2, 0.25) is 0 Å². The average molecular weight is 331 g/mol. The van der Waals surface area contributed by atoms with Gasteiger partial charge in [-0.3, -0.25) is 10.1 Å². The minimum Gasteiger partial charge on any atom is -0.493 e. The van der Waals surface area contributed by atoms with Gasteiger partial charge in [0.15, 0.2) is 5.82 Å². The van der Waals surface area contributed by atoms with E-state index in [1.54, 1.807) is 35.7 Å². The van der Waals surface area contributed by atoms with Gasteiger partial charge in [0.2, 0.25) is 10.1 Å². The van der Waals surface area contributed by atoms with Crippen LogP contribution in [0, 0.1) is 12.8 Å². The maximum atomic E-state index is 12.2. The van der Waals surface area contributed by atoms with Gasteiger partial charge in [0.25, 0.3) is 5.91 Å². The zero-order valence-corrected chi connectivity index (χ0v) is 13.9. The molecule has 7 nitrogen and oxygen atoms in total. The number of aromatic nitrogens is 4. The van der Waals surface area contributed by atoms with Crippen molar-refractivity contribution >= 4 is 27.3 Å². The Hall–Kier alpha value is -2.48. The number of aryl methyl sites for hydroxylation is 1. The lowest BCUT2D eigenvalue weighted by molar-refractivity contribution is 0.102. The molecule has 3 rings (SSSR count). The molecule has 0 saturated heterocycles. The van der Waals surface area contributed by atoms with Crippen LogP contribution in [0.3, 0.4) is 0 Å². The molecule has 120 valence electrons. The normalized spacial score (nSPS) is 11.1. The molecule has 1 aromatic carbocycles. The summed E-state index contributed by atoms with van der Waals surface area (Å²) in [6.45, 7) is 6.63. The number of hydrogen-bond donors (Lipinski definition) is 1. The highest BCUT2D eigenvalue weighted by Gasteiger charge is 2.12. The van der Waals surface area contributed by atoms with E-state index in [1.807, 2.05) is 0 Å². The minimum atomic E-state index is -0.219. The third-order valence-corrected chi connectivity index (χ3v) is 3.88. The Morgan fingerprint density at radius 3 is 2.70 bits per heavy atom. The average Bonchev–Trinajstić information content (AvgIpc) is 3.07. The number of benzene rings is 1. The van der Waals surface area contributed by atoms with E-state index in [1.165, 1.54) is 11.3 Å². The Balaban J connectivity index is 1.67. The van der Waals surface area contributed by atoms with E-state index < -0.39 is 0 Å². The lowest BCUT2D eigenvalue weighted by Gasteiger charge is -2.09. The summed E-state index contributed by atoms with van der Waals surface area (Å²) in [6.07, 6.45) is 0. The number of ether oxygens (including phenoxy) is 1. The van der Waals surface area contributed by atoms with E-state index in [0.29, 0.717) is 34.0 Å². The van der Waals surface area contributed by atoms with Gasteiger partial charge < -0.3 is 4.74 Å². The topological polar surface area (TPSA) is 81.4 Å². The second-order valence-electron chi connectivity index (χ2n) is 5.53. The van der Waals surface area contributed by atoms with Crippen LogP contribution in [0.15, 0.2) is 24.3 Å². The molecular formula is C15H17N5O2S. The standard InChI is InChI=1S/C15H17N5O2S/c1-9(2)8-22-12-6-4-11(5-7-12)13(21)16-14-19-20-10(3)17-18-15(20)23-14/h4-7,9H,8H2,1-3H3,(H,16,19,21). The van der Waals surface area contributed by atoms with E-state index in [0.717, 1.165) is 5.75 Å². The summed E-state index contributed by atoms with van der Waals surface area (Å²) in [5.41, 5.74) is 0.546. The van der Waals surface area contributed by atoms with Gasteiger partial charge in [-0.1, -0.05) is 25.2 Å². The van der Waals surface area contributed by atoms with Crippen LogP contribution >= 0.6 is 11.3 Å². The van der Waals surface area contributed by atoms with Gasteiger partial charge in [-0.05, 0) is 37.1 Å². The first-order valence-corrected chi connectivity index (χ1v) is 8.07. The van der Waals surface area contributed by atoms with Gasteiger partial charge in [-0.25, -0.2) is 0 Å². The molecule has 23 heavy (non-hydrogen) atoms. The van der Waals surface area contributed by atoms with E-state index >= 15 is 0 Å². The number of anilines is 1. The Labute approximate surface area is 137 Å². The van der Waals surface area contributed by atoms with Crippen LogP contribution in [0.25, 0.3) is 4.96 Å². The number of amides is 1. The summed E-state index contributed by atoms with van der Waals surface area (Å²) in [5.74, 6) is 1.68. The summed E-state index contributed by atoms with van der Waals surface area (Å²) in [5, 5.41) is 15.4. The number of fused-ring (bicyclic) bond motifs is 1. The van der Waals surface area contributed by atoms with Gasteiger partial charge in [0, 0.05) is 5.56 Å². The fourth-order valence-corrected chi connectivity index (χ4v) is 2.68. The van der Waals surface area contributed by atoms with Crippen molar-refractivity contribution < 1.29 is 9.53 Å². The molecule has 2 aromatic heterocycles. The number of carbonyl (C=O) groups is 1. The van der Waals surface area contributed by atoms with Crippen molar-refractivity contribution in [2.45, 2.75) is 20.8 Å². The van der Waals surface area contributed by atoms with Crippen LogP contribution in [0.4, 0.5) is 5.13 Å². The van der Waals surface area contributed by atoms with Crippen molar-refractivity contribution in [3.8, 4) is 5.75 Å². The molecule has 0 aliphatic heterocycles. The second-order valence-corrected chi connectivity index (χ2v) is 6.49. The van der Waals surface area contributed by atoms with Crippen LogP contribution in [0.1, 0.15) is 30.0 Å². The molecule has 0 bridgehead atoms. The number of nitrogens with one attached hydrogen (secondary N) is 1. The van der Waals surface area contributed by atoms with E-state index in [2.05, 4.69) is 34.5 Å². The molecule has 0 radical (unpaired) electrons. The molecule has 3 aromatic rings. The monoisotopic (exact) mass is 331 g/mol. The number of hydrogen-bond acceptors (Lipinski definition) is 6. The highest BCUT2D eigenvalue weighted by Crippen LogP contribution is 2.20. The summed E-state index contributed by atoms with van der Waals surface area (Å²) < 4.78 is 7.20. The van der Waals surface area contributed by atoms with Gasteiger partial charge in [-0.2, -0.15) is 4.52 Å². The highest BCUT2D eigenvalue weighted by molar-refractivity contribution is 7.20. The number of carbonyl (C=O) groups excluding carboxylic acids is 1. The fourth-order valence-electron chi connectivity index (χ4n) is 1.90. The third kappa shape index (κ3) is 3.48. The highest BCUT2D eigenvalue weighted by atomic mass is 32.1. The van der Waals surface area contributed by atoms with Gasteiger partial charge in [0.1, 0.15) is 5.75 Å². The quantitative estimate of drug-likeness (QED) is 0.777. The summed E-state index contributed by atoms with van der Waals surface area (Å²) in [7, 11) is 0. The lowest BCUT2D eigenvalue weighted by Crippen LogP contribution is -2.12. The first-order valence-electron chi connectivity index (χ1n) is 7.26. The second kappa shape index (κ2) is 6.33. The molecular weight excluding hydrogens is 314 g/mol. The SMILES string of the molecule is Cc1nnc2sc(NC(=O)c3ccc(OCC(C)C)cc3)nn12. The van der Waals surface area contributed by atoms with E-state index in [4.69, 9.17) is 4.74 Å². The molecule has 0 unspecified atom stereocenters. The Bertz CT molecular complexity index is 822. The summed E-state index contributed by atoms with van der Waals surface area (Å²) >= 11 is 1.28. The smallest absolute Gasteiger partial charge is 0.257 e. The summed E-state index contributed by atoms with van der Waals surface area (Å²) in [4.78, 5) is 12.9. The maximum Gasteiger partial charge on any atom is 0.257 e. The Morgan fingerprint density at radius 1 is 1.30 bits per heavy atom. The molecule has 0 atom stereocenters. The van der Waals surface area contributed by atoms with Crippen LogP contribution in [-0.4, -0.2) is 32.3 Å². The van der Waals surface area contributed by atoms with Crippen molar-refractivity contribution in [3.05, 3.63) is 35.7 Å². The number of nitrogens with zero attached hydrogens (tertiary/aromatic N) is 4. The molecule has 2 heterocycles. The molecule has 1 N–H and O–H groups in total. The molecule has 0 aliphatic rings. The minimum absolute atomic E-state index is 0.219. The zero-order valence-electron chi connectivity index (χ0n) is 13.1. The Kier molecular flexibility index (Phi) is 4.24. The fraction of sp³-hybridized carbons (Fsp3) is 0.333. The van der Waals surface area contributed by atoms with Gasteiger partial charge in [-0.15, -0.1) is 15.3 Å². The first-order chi connectivity index (χ1) is 11.0. The van der Waals surface area contributed by atoms with Crippen LogP contribution in [-0.2, 0) is 0 Å². The molecule has 0 spiro atoms. The molecule has 0 saturated carbocycles. The van der Waals surface area contributed by atoms with Crippen molar-refractivity contribution in [3.63, 3.8) is 0 Å². The molecule has 1 amide bonds. The largest absolute Gasteiger partial charge is 0.493 e. The molecule has 8 heteroatoms. The van der Waals surface area contributed by atoms with Crippen molar-refractivity contribution in [1.29, 1.82) is 0 Å². The third-order valence-electron chi connectivity index (χ3n) is 3.07. The lowest BCUT2D eigenvalue weighted by atomic mass is 10.2. The van der Waals surface area contributed by atoms with Crippen molar-refractivity contribution in [1.82, 2.24) is 19.8 Å². The van der Waals surface area contributed by atoms with E-state index in [9.17, 15) is 4.79 Å². The zero-order chi connectivity index (χ0) is 16.4. The predicted molar refractivity (Wildman–Crippen MR) is 88.1 cm³/mol. The maximum absolute atomic E-state index is 12.2. The predicted octanol–water partition coefficient (Wildman–Crippen LogP) is 2.78.